The Kier molecular flexibility index (Phi) is 16.8. The Morgan fingerprint density at radius 2 is 1.32 bits per heavy atom. The Bertz CT molecular complexity index is 994. The maximum absolute atomic E-state index is 13.0. The third kappa shape index (κ3) is 13.6. The van der Waals surface area contributed by atoms with Crippen molar-refractivity contribution in [1.29, 1.82) is 0 Å². The minimum atomic E-state index is -0.788. The van der Waals surface area contributed by atoms with E-state index in [4.69, 9.17) is 14.3 Å². The van der Waals surface area contributed by atoms with E-state index in [1.165, 1.54) is 51.4 Å². The number of benzene rings is 1. The van der Waals surface area contributed by atoms with Crippen LogP contribution in [0.2, 0.25) is 0 Å². The maximum atomic E-state index is 13.0. The van der Waals surface area contributed by atoms with Crippen LogP contribution in [0.1, 0.15) is 131 Å². The largest absolute Gasteiger partial charge is 0.480 e. The van der Waals surface area contributed by atoms with Crippen LogP contribution in [0.3, 0.4) is 0 Å². The third-order valence-electron chi connectivity index (χ3n) is 8.09. The summed E-state index contributed by atoms with van der Waals surface area (Å²) in [4.78, 5) is 44.3. The first kappa shape index (κ1) is 37.5. The van der Waals surface area contributed by atoms with Crippen LogP contribution in [0.25, 0.3) is 0 Å². The summed E-state index contributed by atoms with van der Waals surface area (Å²) in [6.45, 7) is 13.6. The molecular weight excluding hydrogens is 558 g/mol. The second kappa shape index (κ2) is 19.7. The smallest absolute Gasteiger partial charge is 0.344 e. The van der Waals surface area contributed by atoms with Crippen molar-refractivity contribution in [3.8, 4) is 5.75 Å². The number of unbranched alkanes of at least 4 members (excludes halogenated alkanes) is 10. The zero-order valence-corrected chi connectivity index (χ0v) is 28.3. The predicted octanol–water partition coefficient (Wildman–Crippen LogP) is 7.34. The monoisotopic (exact) mass is 617 g/mol. The first-order valence-corrected chi connectivity index (χ1v) is 16.9. The van der Waals surface area contributed by atoms with Crippen LogP contribution in [-0.4, -0.2) is 59.8 Å². The van der Waals surface area contributed by atoms with Crippen molar-refractivity contribution in [2.45, 2.75) is 149 Å². The number of rotatable bonds is 20. The summed E-state index contributed by atoms with van der Waals surface area (Å²) >= 11 is 0. The van der Waals surface area contributed by atoms with Gasteiger partial charge in [-0.2, -0.15) is 5.06 Å². The normalized spacial score (nSPS) is 16.3. The molecule has 2 N–H and O–H groups in total. The van der Waals surface area contributed by atoms with Gasteiger partial charge in [-0.05, 0) is 65.5 Å². The number of nitrogens with one attached hydrogen (secondary N) is 2. The van der Waals surface area contributed by atoms with E-state index in [0.29, 0.717) is 37.5 Å². The number of hydroxylamine groups is 2. The summed E-state index contributed by atoms with van der Waals surface area (Å²) in [7, 11) is 0. The Morgan fingerprint density at radius 3 is 1.93 bits per heavy atom. The highest BCUT2D eigenvalue weighted by Gasteiger charge is 2.47. The van der Waals surface area contributed by atoms with Gasteiger partial charge in [-0.1, -0.05) is 90.2 Å². The number of piperidine rings is 1. The molecule has 1 heterocycles. The van der Waals surface area contributed by atoms with Gasteiger partial charge in [-0.15, -0.1) is 0 Å². The molecule has 1 aliphatic heterocycles. The molecule has 250 valence electrons. The molecule has 1 aliphatic rings. The van der Waals surface area contributed by atoms with Crippen molar-refractivity contribution in [1.82, 2.24) is 10.4 Å². The summed E-state index contributed by atoms with van der Waals surface area (Å²) in [5, 5.41) is 7.66. The van der Waals surface area contributed by atoms with Gasteiger partial charge in [0.25, 0.3) is 0 Å². The fourth-order valence-electron chi connectivity index (χ4n) is 6.13. The van der Waals surface area contributed by atoms with Gasteiger partial charge in [0.05, 0.1) is 18.9 Å². The highest BCUT2D eigenvalue weighted by atomic mass is 16.7. The van der Waals surface area contributed by atoms with Gasteiger partial charge in [0.1, 0.15) is 5.75 Å². The molecule has 2 rings (SSSR count). The number of anilines is 1. The maximum Gasteiger partial charge on any atom is 0.344 e. The van der Waals surface area contributed by atoms with E-state index in [1.807, 2.05) is 0 Å². The lowest BCUT2D eigenvalue weighted by Gasteiger charge is -2.53. The van der Waals surface area contributed by atoms with E-state index in [-0.39, 0.29) is 23.7 Å². The van der Waals surface area contributed by atoms with Gasteiger partial charge in [0.2, 0.25) is 0 Å². The van der Waals surface area contributed by atoms with Gasteiger partial charge in [-0.3, -0.25) is 14.4 Å². The molecule has 0 spiro atoms. The topological polar surface area (TPSA) is 106 Å². The minimum absolute atomic E-state index is 0.194. The van der Waals surface area contributed by atoms with Gasteiger partial charge in [-0.25, -0.2) is 4.79 Å². The molecule has 2 amide bonds. The summed E-state index contributed by atoms with van der Waals surface area (Å²) in [5.74, 6) is -1.67. The summed E-state index contributed by atoms with van der Waals surface area (Å²) in [5.41, 5.74) is -0.347. The third-order valence-corrected chi connectivity index (χ3v) is 8.09. The Hall–Kier alpha value is -2.65. The molecule has 1 aromatic rings. The van der Waals surface area contributed by atoms with E-state index >= 15 is 0 Å². The Morgan fingerprint density at radius 1 is 0.773 bits per heavy atom. The molecule has 0 aliphatic carbocycles. The minimum Gasteiger partial charge on any atom is -0.480 e. The molecule has 0 unspecified atom stereocenters. The van der Waals surface area contributed by atoms with Crippen LogP contribution in [0.15, 0.2) is 24.3 Å². The molecule has 9 nitrogen and oxygen atoms in total. The van der Waals surface area contributed by atoms with Crippen LogP contribution in [0, 0.1) is 0 Å². The molecule has 44 heavy (non-hydrogen) atoms. The zero-order chi connectivity index (χ0) is 32.4. The van der Waals surface area contributed by atoms with E-state index < -0.39 is 17.8 Å². The van der Waals surface area contributed by atoms with E-state index in [2.05, 4.69) is 57.2 Å². The number of ether oxygens (including phenoxy) is 2. The lowest BCUT2D eigenvalue weighted by Crippen LogP contribution is -2.64. The number of amides is 2. The fraction of sp³-hybridized carbons (Fsp3) is 0.743. The van der Waals surface area contributed by atoms with Crippen LogP contribution in [0.4, 0.5) is 5.69 Å². The molecule has 1 fully saturated rings. The SMILES string of the molecule is CCCCCCCCOC(=O)COc1ccccc1NC(=O)C(=O)NC1CC(C)(C)N(OCCCCCCCC)C(C)(C)C1. The Labute approximate surface area is 266 Å². The van der Waals surface area contributed by atoms with Gasteiger partial charge in [0.15, 0.2) is 6.61 Å². The number of nitrogens with zero attached hydrogens (tertiary/aromatic N) is 1. The number of para-hydroxylation sites is 2. The van der Waals surface area contributed by atoms with Crippen molar-refractivity contribution in [3.05, 3.63) is 24.3 Å². The number of hydrogen-bond donors (Lipinski definition) is 2. The van der Waals surface area contributed by atoms with Crippen molar-refractivity contribution >= 4 is 23.5 Å². The fourth-order valence-corrected chi connectivity index (χ4v) is 6.13. The molecule has 0 saturated carbocycles. The van der Waals surface area contributed by atoms with Crippen LogP contribution < -0.4 is 15.4 Å². The van der Waals surface area contributed by atoms with Gasteiger partial charge < -0.3 is 20.1 Å². The van der Waals surface area contributed by atoms with Crippen molar-refractivity contribution < 1.29 is 28.7 Å². The van der Waals surface area contributed by atoms with E-state index in [9.17, 15) is 14.4 Å². The Balaban J connectivity index is 1.82. The second-order valence-electron chi connectivity index (χ2n) is 13.3. The first-order valence-electron chi connectivity index (χ1n) is 16.9. The molecule has 0 aromatic heterocycles. The standard InChI is InChI=1S/C35H59N3O6/c1-7-9-11-13-15-19-23-42-31(39)27-43-30-22-18-17-21-29(30)37-33(41)32(40)36-28-25-34(3,4)38(35(5,6)26-28)44-24-20-16-14-12-10-8-2/h17-18,21-22,28H,7-16,19-20,23-27H2,1-6H3,(H,36,40)(H,37,41). The van der Waals surface area contributed by atoms with Crippen molar-refractivity contribution in [2.24, 2.45) is 0 Å². The van der Waals surface area contributed by atoms with Crippen LogP contribution in [0.5, 0.6) is 5.75 Å². The molecule has 1 aromatic carbocycles. The second-order valence-corrected chi connectivity index (χ2v) is 13.3. The lowest BCUT2D eigenvalue weighted by atomic mass is 9.79. The average molecular weight is 618 g/mol. The quantitative estimate of drug-likeness (QED) is 0.0896. The molecular formula is C35H59N3O6. The highest BCUT2D eigenvalue weighted by molar-refractivity contribution is 6.39. The summed E-state index contributed by atoms with van der Waals surface area (Å²) in [6, 6.07) is 6.54. The highest BCUT2D eigenvalue weighted by Crippen LogP contribution is 2.38. The van der Waals surface area contributed by atoms with Crippen LogP contribution in [-0.2, 0) is 24.0 Å². The van der Waals surface area contributed by atoms with E-state index in [0.717, 1.165) is 25.7 Å². The zero-order valence-electron chi connectivity index (χ0n) is 28.3. The number of hydrogen-bond acceptors (Lipinski definition) is 7. The lowest BCUT2D eigenvalue weighted by molar-refractivity contribution is -0.284. The first-order chi connectivity index (χ1) is 21.0. The summed E-state index contributed by atoms with van der Waals surface area (Å²) < 4.78 is 10.9. The number of carbonyl (C=O) groups is 3. The van der Waals surface area contributed by atoms with Crippen molar-refractivity contribution in [2.75, 3.05) is 25.1 Å². The number of carbonyl (C=O) groups excluding carboxylic acids is 3. The molecule has 0 bridgehead atoms. The molecule has 1 saturated heterocycles. The molecule has 9 heteroatoms. The molecule has 0 radical (unpaired) electrons. The van der Waals surface area contributed by atoms with E-state index in [1.54, 1.807) is 24.3 Å². The summed E-state index contributed by atoms with van der Waals surface area (Å²) in [6.07, 6.45) is 15.2. The average Bonchev–Trinajstić information content (AvgIpc) is 2.96. The van der Waals surface area contributed by atoms with Gasteiger partial charge in [0, 0.05) is 17.1 Å². The van der Waals surface area contributed by atoms with Crippen molar-refractivity contribution in [3.63, 3.8) is 0 Å². The molecule has 0 atom stereocenters. The number of esters is 1. The van der Waals surface area contributed by atoms with Crippen LogP contribution >= 0.6 is 0 Å². The van der Waals surface area contributed by atoms with Gasteiger partial charge >= 0.3 is 17.8 Å². The predicted molar refractivity (Wildman–Crippen MR) is 175 cm³/mol.